The third kappa shape index (κ3) is 3.08. The van der Waals surface area contributed by atoms with Crippen LogP contribution in [0.4, 0.5) is 0 Å². The lowest BCUT2D eigenvalue weighted by atomic mass is 10.2. The Morgan fingerprint density at radius 3 is 1.80 bits per heavy atom. The number of hydrogen-bond acceptors (Lipinski definition) is 0. The second kappa shape index (κ2) is 6.20. The van der Waals surface area contributed by atoms with Gasteiger partial charge in [-0.15, -0.1) is 0 Å². The summed E-state index contributed by atoms with van der Waals surface area (Å²) in [5.41, 5.74) is 2.95. The quantitative estimate of drug-likeness (QED) is 0.562. The molecule has 0 aliphatic heterocycles. The average Bonchev–Trinajstić information content (AvgIpc) is 2.92. The van der Waals surface area contributed by atoms with Crippen LogP contribution in [-0.4, -0.2) is 0 Å². The Labute approximate surface area is 122 Å². The second-order valence-corrected chi connectivity index (χ2v) is 7.29. The first-order valence-electron chi connectivity index (χ1n) is 7.08. The van der Waals surface area contributed by atoms with Crippen molar-refractivity contribution in [1.29, 1.82) is 0 Å². The van der Waals surface area contributed by atoms with Crippen LogP contribution in [0.5, 0.6) is 0 Å². The maximum Gasteiger partial charge on any atom is -0.0107 e. The van der Waals surface area contributed by atoms with Crippen LogP contribution in [0, 0.1) is 0 Å². The summed E-state index contributed by atoms with van der Waals surface area (Å²) >= 11 is 0. The van der Waals surface area contributed by atoms with E-state index in [0.717, 1.165) is 6.42 Å². The first kappa shape index (κ1) is 13.3. The molecule has 0 N–H and O–H groups in total. The van der Waals surface area contributed by atoms with Crippen molar-refractivity contribution in [1.82, 2.24) is 0 Å². The zero-order valence-corrected chi connectivity index (χ0v) is 12.5. The predicted octanol–water partition coefficient (Wildman–Crippen LogP) is 4.74. The summed E-state index contributed by atoms with van der Waals surface area (Å²) in [5.74, 6) is 2.51. The van der Waals surface area contributed by atoms with Crippen molar-refractivity contribution in [3.8, 4) is 0 Å². The van der Waals surface area contributed by atoms with Gasteiger partial charge in [0.05, 0.1) is 0 Å². The van der Waals surface area contributed by atoms with E-state index in [2.05, 4.69) is 73.1 Å². The molecule has 1 heteroatoms. The zero-order valence-electron chi connectivity index (χ0n) is 11.6. The topological polar surface area (TPSA) is 0 Å². The minimum absolute atomic E-state index is 0.384. The molecule has 1 aliphatic carbocycles. The van der Waals surface area contributed by atoms with Crippen LogP contribution >= 0.6 is 7.92 Å². The van der Waals surface area contributed by atoms with Gasteiger partial charge in [0.1, 0.15) is 0 Å². The molecule has 2 aromatic rings. The fraction of sp³-hybridized carbons (Fsp3) is 0.158. The molecule has 20 heavy (non-hydrogen) atoms. The van der Waals surface area contributed by atoms with Gasteiger partial charge in [0, 0.05) is 0 Å². The Morgan fingerprint density at radius 1 is 0.800 bits per heavy atom. The second-order valence-electron chi connectivity index (χ2n) is 5.26. The fourth-order valence-electron chi connectivity index (χ4n) is 2.60. The van der Waals surface area contributed by atoms with Crippen molar-refractivity contribution in [3.05, 3.63) is 84.2 Å². The molecule has 0 radical (unpaired) electrons. The van der Waals surface area contributed by atoms with E-state index < -0.39 is 0 Å². The minimum atomic E-state index is -0.384. The molecule has 1 aliphatic rings. The van der Waals surface area contributed by atoms with E-state index in [1.807, 2.05) is 0 Å². The summed E-state index contributed by atoms with van der Waals surface area (Å²) in [4.78, 5) is 0. The number of hydrogen-bond donors (Lipinski definition) is 0. The molecule has 0 spiro atoms. The standard InChI is InChI=1S/C19H19P/c1-16-12-13-17(14-16)15-20(18-8-4-2-5-9-18)19-10-6-3-7-11-19/h2-11,15H,1,12-14H2/b17-15+. The number of benzene rings is 2. The molecule has 3 rings (SSSR count). The highest BCUT2D eigenvalue weighted by molar-refractivity contribution is 7.75. The molecule has 1 saturated carbocycles. The van der Waals surface area contributed by atoms with Gasteiger partial charge in [0.15, 0.2) is 0 Å². The van der Waals surface area contributed by atoms with Gasteiger partial charge >= 0.3 is 0 Å². The highest BCUT2D eigenvalue weighted by Gasteiger charge is 2.15. The summed E-state index contributed by atoms with van der Waals surface area (Å²) < 4.78 is 0. The first-order valence-corrected chi connectivity index (χ1v) is 8.49. The van der Waals surface area contributed by atoms with Crippen LogP contribution < -0.4 is 10.6 Å². The van der Waals surface area contributed by atoms with Crippen LogP contribution in [0.15, 0.2) is 84.2 Å². The Morgan fingerprint density at radius 2 is 1.35 bits per heavy atom. The van der Waals surface area contributed by atoms with E-state index in [9.17, 15) is 0 Å². The number of rotatable bonds is 3. The van der Waals surface area contributed by atoms with Crippen LogP contribution in [0.25, 0.3) is 0 Å². The third-order valence-corrected chi connectivity index (χ3v) is 5.99. The van der Waals surface area contributed by atoms with E-state index in [0.29, 0.717) is 0 Å². The van der Waals surface area contributed by atoms with E-state index in [1.54, 1.807) is 5.57 Å². The summed E-state index contributed by atoms with van der Waals surface area (Å²) in [7, 11) is -0.384. The van der Waals surface area contributed by atoms with Crippen molar-refractivity contribution in [2.75, 3.05) is 0 Å². The Balaban J connectivity index is 1.98. The first-order chi connectivity index (χ1) is 9.83. The lowest BCUT2D eigenvalue weighted by Gasteiger charge is -2.15. The molecule has 0 amide bonds. The summed E-state index contributed by atoms with van der Waals surface area (Å²) in [5, 5.41) is 2.86. The van der Waals surface area contributed by atoms with Crippen molar-refractivity contribution < 1.29 is 0 Å². The van der Waals surface area contributed by atoms with Gasteiger partial charge in [0.25, 0.3) is 0 Å². The molecule has 0 aromatic heterocycles. The smallest absolute Gasteiger partial charge is 0.0107 e. The third-order valence-electron chi connectivity index (χ3n) is 3.66. The molecule has 0 atom stereocenters. The maximum atomic E-state index is 4.12. The lowest BCUT2D eigenvalue weighted by Crippen LogP contribution is -2.09. The van der Waals surface area contributed by atoms with Crippen LogP contribution in [-0.2, 0) is 0 Å². The van der Waals surface area contributed by atoms with Gasteiger partial charge in [-0.3, -0.25) is 0 Å². The minimum Gasteiger partial charge on any atom is -0.0995 e. The van der Waals surface area contributed by atoms with E-state index in [-0.39, 0.29) is 7.92 Å². The Kier molecular flexibility index (Phi) is 4.14. The van der Waals surface area contributed by atoms with Crippen molar-refractivity contribution >= 4 is 18.5 Å². The number of allylic oxidation sites excluding steroid dienone is 2. The SMILES string of the molecule is C=C1CC/C(=C\P(c2ccccc2)c2ccccc2)C1. The summed E-state index contributed by atoms with van der Waals surface area (Å²) in [6.07, 6.45) is 3.45. The highest BCUT2D eigenvalue weighted by Crippen LogP contribution is 2.40. The van der Waals surface area contributed by atoms with Crippen LogP contribution in [0.1, 0.15) is 19.3 Å². The van der Waals surface area contributed by atoms with Crippen molar-refractivity contribution in [2.24, 2.45) is 0 Å². The molecule has 0 bridgehead atoms. The molecule has 1 fully saturated rings. The largest absolute Gasteiger partial charge is 0.0995 e. The molecule has 0 saturated heterocycles. The van der Waals surface area contributed by atoms with Gasteiger partial charge in [-0.25, -0.2) is 0 Å². The molecule has 0 heterocycles. The van der Waals surface area contributed by atoms with Crippen molar-refractivity contribution in [2.45, 2.75) is 19.3 Å². The highest BCUT2D eigenvalue weighted by atomic mass is 31.1. The lowest BCUT2D eigenvalue weighted by molar-refractivity contribution is 1.06. The maximum absolute atomic E-state index is 4.12. The normalized spacial score (nSPS) is 17.1. The monoisotopic (exact) mass is 278 g/mol. The van der Waals surface area contributed by atoms with Crippen LogP contribution in [0.2, 0.25) is 0 Å². The summed E-state index contributed by atoms with van der Waals surface area (Å²) in [6.45, 7) is 4.12. The molecular weight excluding hydrogens is 259 g/mol. The molecule has 100 valence electrons. The van der Waals surface area contributed by atoms with Gasteiger partial charge in [0.2, 0.25) is 0 Å². The van der Waals surface area contributed by atoms with Gasteiger partial charge < -0.3 is 0 Å². The van der Waals surface area contributed by atoms with E-state index in [4.69, 9.17) is 0 Å². The Hall–Kier alpha value is -1.65. The molecular formula is C19H19P. The van der Waals surface area contributed by atoms with E-state index >= 15 is 0 Å². The fourth-order valence-corrected chi connectivity index (χ4v) is 4.77. The van der Waals surface area contributed by atoms with Crippen molar-refractivity contribution in [3.63, 3.8) is 0 Å². The van der Waals surface area contributed by atoms with Gasteiger partial charge in [-0.1, -0.05) is 84.2 Å². The van der Waals surface area contributed by atoms with Gasteiger partial charge in [-0.2, -0.15) is 0 Å². The molecule has 2 aromatic carbocycles. The Bertz CT molecular complexity index is 571. The predicted molar refractivity (Wildman–Crippen MR) is 90.1 cm³/mol. The van der Waals surface area contributed by atoms with E-state index in [1.165, 1.54) is 29.0 Å². The molecule has 0 unspecified atom stereocenters. The van der Waals surface area contributed by atoms with Gasteiger partial charge in [-0.05, 0) is 37.8 Å². The average molecular weight is 278 g/mol. The zero-order chi connectivity index (χ0) is 13.8. The van der Waals surface area contributed by atoms with Crippen LogP contribution in [0.3, 0.4) is 0 Å². The molecule has 0 nitrogen and oxygen atoms in total. The summed E-state index contributed by atoms with van der Waals surface area (Å²) in [6, 6.07) is 21.7.